The Morgan fingerprint density at radius 1 is 0.547 bits per heavy atom. The van der Waals surface area contributed by atoms with Gasteiger partial charge < -0.3 is 14.6 Å². The van der Waals surface area contributed by atoms with Crippen molar-refractivity contribution in [2.24, 2.45) is 0 Å². The molecule has 0 amide bonds. The van der Waals surface area contributed by atoms with Crippen molar-refractivity contribution in [3.63, 3.8) is 0 Å². The first-order valence-electron chi connectivity index (χ1n) is 18.3. The lowest BCUT2D eigenvalue weighted by Gasteiger charge is -2.33. The summed E-state index contributed by atoms with van der Waals surface area (Å²) in [6.07, 6.45) is 2.82. The van der Waals surface area contributed by atoms with Crippen LogP contribution >= 0.6 is 56.9 Å². The highest BCUT2D eigenvalue weighted by Gasteiger charge is 2.34. The third-order valence-electron chi connectivity index (χ3n) is 8.12. The smallest absolute Gasteiger partial charge is 0.311 e. The van der Waals surface area contributed by atoms with Gasteiger partial charge in [-0.25, -0.2) is 0 Å². The van der Waals surface area contributed by atoms with E-state index in [0.717, 1.165) is 55.7 Å². The molecule has 0 fully saturated rings. The Kier molecular flexibility index (Phi) is 17.7. The molecular weight excluding hydrogens is 761 g/mol. The van der Waals surface area contributed by atoms with Crippen molar-refractivity contribution >= 4 is 74.8 Å². The van der Waals surface area contributed by atoms with Crippen molar-refractivity contribution in [3.8, 4) is 11.5 Å². The van der Waals surface area contributed by atoms with E-state index in [1.54, 1.807) is 23.5 Å². The summed E-state index contributed by atoms with van der Waals surface area (Å²) in [5.41, 5.74) is 2.60. The number of carboxylic acids is 1. The number of esters is 2. The number of carboxylic acid groups (broad SMARTS) is 1. The third kappa shape index (κ3) is 15.9. The molecule has 0 saturated heterocycles. The van der Waals surface area contributed by atoms with Gasteiger partial charge in [-0.1, -0.05) is 105 Å². The molecular formula is C42H64O6S5. The summed E-state index contributed by atoms with van der Waals surface area (Å²) < 4.78 is 11.9. The molecule has 53 heavy (non-hydrogen) atoms. The molecule has 11 heteroatoms. The Labute approximate surface area is 341 Å². The van der Waals surface area contributed by atoms with Crippen molar-refractivity contribution in [3.05, 3.63) is 46.5 Å². The molecule has 0 radical (unpaired) electrons. The van der Waals surface area contributed by atoms with Crippen LogP contribution in [0.2, 0.25) is 0 Å². The van der Waals surface area contributed by atoms with Gasteiger partial charge >= 0.3 is 17.9 Å². The molecule has 298 valence electrons. The van der Waals surface area contributed by atoms with Gasteiger partial charge in [-0.05, 0) is 72.4 Å². The largest absolute Gasteiger partial charge is 0.481 e. The standard InChI is InChI=1S/C42H64O6S5/c1-38(2,3)29-23-27(24-30(39(4,5)6)36(29)47-34(45)17-16-20-50-51-22-21-49-15)52-42(13,14)53-28-25-31(40(7,8)9)37(32(26-28)41(10,11)12)48-35(46)19-18-33(43)44/h23-26H,16-22H2,1-15H3,(H,43,44). The van der Waals surface area contributed by atoms with Crippen LogP contribution in [0.15, 0.2) is 34.1 Å². The van der Waals surface area contributed by atoms with Gasteiger partial charge in [0.15, 0.2) is 0 Å². The fraction of sp³-hybridized carbons (Fsp3) is 0.643. The minimum Gasteiger partial charge on any atom is -0.481 e. The zero-order valence-corrected chi connectivity index (χ0v) is 38.9. The van der Waals surface area contributed by atoms with Gasteiger partial charge in [0.25, 0.3) is 0 Å². The van der Waals surface area contributed by atoms with Gasteiger partial charge in [-0.15, -0.1) is 23.5 Å². The molecule has 0 unspecified atom stereocenters. The Hall–Kier alpha value is -1.40. The van der Waals surface area contributed by atoms with E-state index in [9.17, 15) is 14.4 Å². The molecule has 0 spiro atoms. The summed E-state index contributed by atoms with van der Waals surface area (Å²) in [6.45, 7) is 30.0. The van der Waals surface area contributed by atoms with Gasteiger partial charge in [0.05, 0.1) is 16.9 Å². The number of rotatable bonds is 17. The maximum Gasteiger partial charge on any atom is 0.311 e. The molecule has 0 bridgehead atoms. The van der Waals surface area contributed by atoms with Gasteiger partial charge in [0.2, 0.25) is 0 Å². The number of carbonyl (C=O) groups is 3. The monoisotopic (exact) mass is 824 g/mol. The summed E-state index contributed by atoms with van der Waals surface area (Å²) in [4.78, 5) is 39.4. The van der Waals surface area contributed by atoms with Crippen molar-refractivity contribution in [2.75, 3.05) is 23.5 Å². The second kappa shape index (κ2) is 19.6. The first-order chi connectivity index (χ1) is 24.2. The maximum atomic E-state index is 13.3. The SMILES string of the molecule is CSCCSSCCCC(=O)Oc1c(C(C)(C)C)cc(SC(C)(C)Sc2cc(C(C)(C)C)c(OC(=O)CCC(=O)O)c(C(C)(C)C)c2)cc1C(C)(C)C. The molecule has 0 aliphatic heterocycles. The number of ether oxygens (including phenoxy) is 2. The Morgan fingerprint density at radius 3 is 1.25 bits per heavy atom. The van der Waals surface area contributed by atoms with E-state index in [-0.39, 0.29) is 44.5 Å². The first-order valence-corrected chi connectivity index (χ1v) is 23.8. The van der Waals surface area contributed by atoms with Crippen LogP contribution in [0, 0.1) is 0 Å². The van der Waals surface area contributed by atoms with Crippen LogP contribution < -0.4 is 9.47 Å². The summed E-state index contributed by atoms with van der Waals surface area (Å²) in [5, 5.41) is 9.13. The number of hydrogen-bond acceptors (Lipinski definition) is 10. The summed E-state index contributed by atoms with van der Waals surface area (Å²) in [7, 11) is 3.69. The zero-order valence-electron chi connectivity index (χ0n) is 34.8. The molecule has 1 N–H and O–H groups in total. The van der Waals surface area contributed by atoms with E-state index in [4.69, 9.17) is 14.6 Å². The van der Waals surface area contributed by atoms with Gasteiger partial charge in [-0.3, -0.25) is 14.4 Å². The third-order valence-corrected chi connectivity index (χ3v) is 13.9. The molecule has 0 aliphatic rings. The van der Waals surface area contributed by atoms with E-state index in [2.05, 4.69) is 127 Å². The number of hydrogen-bond donors (Lipinski definition) is 1. The van der Waals surface area contributed by atoms with Crippen molar-refractivity contribution in [1.29, 1.82) is 0 Å². The van der Waals surface area contributed by atoms with Crippen LogP contribution in [-0.2, 0) is 36.0 Å². The van der Waals surface area contributed by atoms with Crippen molar-refractivity contribution in [1.82, 2.24) is 0 Å². The topological polar surface area (TPSA) is 89.9 Å². The highest BCUT2D eigenvalue weighted by atomic mass is 33.1. The molecule has 2 aromatic carbocycles. The van der Waals surface area contributed by atoms with Gasteiger partial charge in [0.1, 0.15) is 11.5 Å². The average Bonchev–Trinajstić information content (AvgIpc) is 2.98. The zero-order chi connectivity index (χ0) is 40.6. The second-order valence-electron chi connectivity index (χ2n) is 17.9. The van der Waals surface area contributed by atoms with E-state index in [1.807, 2.05) is 33.3 Å². The van der Waals surface area contributed by atoms with Gasteiger partial charge in [0, 0.05) is 55.7 Å². The predicted octanol–water partition coefficient (Wildman–Crippen LogP) is 12.7. The molecule has 0 aliphatic carbocycles. The number of carbonyl (C=O) groups excluding carboxylic acids is 2. The Balaban J connectivity index is 2.52. The normalized spacial score (nSPS) is 12.9. The summed E-state index contributed by atoms with van der Waals surface area (Å²) >= 11 is 5.39. The fourth-order valence-corrected chi connectivity index (χ4v) is 11.1. The summed E-state index contributed by atoms with van der Waals surface area (Å²) in [6, 6.07) is 8.63. The lowest BCUT2D eigenvalue weighted by atomic mass is 9.79. The maximum absolute atomic E-state index is 13.3. The van der Waals surface area contributed by atoms with Crippen LogP contribution in [0.4, 0.5) is 0 Å². The summed E-state index contributed by atoms with van der Waals surface area (Å²) in [5.74, 6) is 2.60. The van der Waals surface area contributed by atoms with Gasteiger partial charge in [-0.2, -0.15) is 11.8 Å². The van der Waals surface area contributed by atoms with Crippen LogP contribution in [0.25, 0.3) is 0 Å². The van der Waals surface area contributed by atoms with Crippen LogP contribution in [0.3, 0.4) is 0 Å². The first kappa shape index (κ1) is 47.8. The second-order valence-corrected chi connectivity index (χ2v) is 25.2. The highest BCUT2D eigenvalue weighted by molar-refractivity contribution is 8.76. The quantitative estimate of drug-likeness (QED) is 0.0413. The molecule has 0 atom stereocenters. The highest BCUT2D eigenvalue weighted by Crippen LogP contribution is 2.51. The van der Waals surface area contributed by atoms with Crippen LogP contribution in [-0.4, -0.2) is 50.6 Å². The Bertz CT molecular complexity index is 1500. The fourth-order valence-electron chi connectivity index (χ4n) is 5.41. The average molecular weight is 825 g/mol. The predicted molar refractivity (Wildman–Crippen MR) is 234 cm³/mol. The van der Waals surface area contributed by atoms with E-state index in [0.29, 0.717) is 17.9 Å². The van der Waals surface area contributed by atoms with E-state index < -0.39 is 11.9 Å². The molecule has 0 aromatic heterocycles. The number of aliphatic carboxylic acids is 1. The van der Waals surface area contributed by atoms with Crippen molar-refractivity contribution < 1.29 is 29.0 Å². The van der Waals surface area contributed by atoms with E-state index in [1.165, 1.54) is 0 Å². The van der Waals surface area contributed by atoms with E-state index >= 15 is 0 Å². The molecule has 0 heterocycles. The molecule has 6 nitrogen and oxygen atoms in total. The number of benzene rings is 2. The minimum absolute atomic E-state index is 0.188. The number of thioether (sulfide) groups is 3. The molecule has 0 saturated carbocycles. The molecule has 2 aromatic rings. The Morgan fingerprint density at radius 2 is 0.906 bits per heavy atom. The van der Waals surface area contributed by atoms with Crippen LogP contribution in [0.1, 0.15) is 145 Å². The lowest BCUT2D eigenvalue weighted by Crippen LogP contribution is -2.23. The van der Waals surface area contributed by atoms with Crippen molar-refractivity contribution in [2.45, 2.75) is 158 Å². The lowest BCUT2D eigenvalue weighted by molar-refractivity contribution is -0.142. The van der Waals surface area contributed by atoms with Crippen LogP contribution in [0.5, 0.6) is 11.5 Å². The minimum atomic E-state index is -1.03. The molecule has 2 rings (SSSR count).